The second-order valence-electron chi connectivity index (χ2n) is 6.41. The van der Waals surface area contributed by atoms with E-state index in [1.165, 1.54) is 0 Å². The van der Waals surface area contributed by atoms with E-state index in [-0.39, 0.29) is 28.7 Å². The summed E-state index contributed by atoms with van der Waals surface area (Å²) in [5.74, 6) is 1.96. The van der Waals surface area contributed by atoms with Gasteiger partial charge in [0.25, 0.3) is 0 Å². The van der Waals surface area contributed by atoms with Gasteiger partial charge in [0.1, 0.15) is 0 Å². The fourth-order valence-electron chi connectivity index (χ4n) is 1.49. The van der Waals surface area contributed by atoms with Gasteiger partial charge in [-0.15, -0.1) is 24.0 Å². The van der Waals surface area contributed by atoms with E-state index < -0.39 is 10.8 Å². The zero-order valence-corrected chi connectivity index (χ0v) is 18.0. The number of nitrogens with zero attached hydrogens (tertiary/aromatic N) is 1. The number of halogens is 1. The summed E-state index contributed by atoms with van der Waals surface area (Å²) in [6.45, 7) is 13.3. The van der Waals surface area contributed by atoms with E-state index in [0.29, 0.717) is 18.2 Å². The van der Waals surface area contributed by atoms with Gasteiger partial charge in [-0.2, -0.15) is 0 Å². The van der Waals surface area contributed by atoms with Crippen LogP contribution in [0.2, 0.25) is 0 Å². The van der Waals surface area contributed by atoms with Gasteiger partial charge in [-0.25, -0.2) is 0 Å². The van der Waals surface area contributed by atoms with Crippen LogP contribution in [0.25, 0.3) is 0 Å². The molecule has 0 saturated carbocycles. The maximum Gasteiger partial charge on any atom is 0.191 e. The van der Waals surface area contributed by atoms with Crippen LogP contribution in [0.4, 0.5) is 0 Å². The van der Waals surface area contributed by atoms with Gasteiger partial charge in [-0.1, -0.05) is 13.8 Å². The van der Waals surface area contributed by atoms with Crippen LogP contribution in [-0.4, -0.2) is 54.0 Å². The molecule has 0 rings (SSSR count). The summed E-state index contributed by atoms with van der Waals surface area (Å²) in [4.78, 5) is 4.15. The Morgan fingerprint density at radius 3 is 2.32 bits per heavy atom. The monoisotopic (exact) mass is 447 g/mol. The first kappa shape index (κ1) is 24.4. The summed E-state index contributed by atoms with van der Waals surface area (Å²) in [5, 5.41) is 6.42. The molecule has 0 aromatic carbocycles. The highest BCUT2D eigenvalue weighted by Gasteiger charge is 2.18. The minimum absolute atomic E-state index is 0. The van der Waals surface area contributed by atoms with E-state index in [4.69, 9.17) is 4.74 Å². The van der Waals surface area contributed by atoms with E-state index >= 15 is 0 Å². The number of hydrogen-bond acceptors (Lipinski definition) is 3. The molecule has 0 aromatic heterocycles. The molecule has 1 unspecified atom stereocenters. The lowest BCUT2D eigenvalue weighted by molar-refractivity contribution is 0.108. The van der Waals surface area contributed by atoms with E-state index in [9.17, 15) is 4.21 Å². The standard InChI is InChI=1S/C15H33N3O2S.HI/c1-13(2)12-20-10-7-8-17-14(16-6)18-9-11-21(19)15(3,4)5;/h13H,7-12H2,1-6H3,(H2,16,17,18);1H. The van der Waals surface area contributed by atoms with E-state index in [2.05, 4.69) is 29.5 Å². The average molecular weight is 447 g/mol. The van der Waals surface area contributed by atoms with Crippen molar-refractivity contribution in [1.29, 1.82) is 0 Å². The molecule has 0 fully saturated rings. The van der Waals surface area contributed by atoms with Crippen molar-refractivity contribution < 1.29 is 8.95 Å². The Hall–Kier alpha value is 0.110. The fraction of sp³-hybridized carbons (Fsp3) is 0.933. The van der Waals surface area contributed by atoms with Crippen LogP contribution in [0.3, 0.4) is 0 Å². The minimum atomic E-state index is -0.836. The fourth-order valence-corrected chi connectivity index (χ4v) is 2.39. The molecule has 0 aliphatic rings. The molecule has 22 heavy (non-hydrogen) atoms. The Morgan fingerprint density at radius 2 is 1.82 bits per heavy atom. The van der Waals surface area contributed by atoms with Crippen LogP contribution in [-0.2, 0) is 15.5 Å². The van der Waals surface area contributed by atoms with Gasteiger partial charge in [0, 0.05) is 54.7 Å². The molecule has 0 aromatic rings. The van der Waals surface area contributed by atoms with Crippen LogP contribution < -0.4 is 10.6 Å². The molecule has 0 aliphatic heterocycles. The molecule has 0 radical (unpaired) electrons. The molecule has 0 aliphatic carbocycles. The highest BCUT2D eigenvalue weighted by atomic mass is 127. The number of nitrogens with one attached hydrogen (secondary N) is 2. The van der Waals surface area contributed by atoms with Crippen molar-refractivity contribution in [3.8, 4) is 0 Å². The van der Waals surface area contributed by atoms with Crippen molar-refractivity contribution in [2.75, 3.05) is 39.1 Å². The van der Waals surface area contributed by atoms with Crippen LogP contribution in [0.15, 0.2) is 4.99 Å². The van der Waals surface area contributed by atoms with Crippen molar-refractivity contribution in [2.24, 2.45) is 10.9 Å². The van der Waals surface area contributed by atoms with Gasteiger partial charge < -0.3 is 15.4 Å². The molecule has 7 heteroatoms. The second kappa shape index (κ2) is 13.5. The van der Waals surface area contributed by atoms with Gasteiger partial charge in [-0.05, 0) is 33.1 Å². The normalized spacial score (nSPS) is 13.7. The Kier molecular flexibility index (Phi) is 15.0. The molecule has 0 amide bonds. The van der Waals surface area contributed by atoms with Gasteiger partial charge in [0.15, 0.2) is 5.96 Å². The SMILES string of the molecule is CN=C(NCCCOCC(C)C)NCCS(=O)C(C)(C)C.I. The van der Waals surface area contributed by atoms with Crippen LogP contribution in [0.1, 0.15) is 41.0 Å². The van der Waals surface area contributed by atoms with Gasteiger partial charge >= 0.3 is 0 Å². The molecule has 2 N–H and O–H groups in total. The molecule has 1 atom stereocenters. The van der Waals surface area contributed by atoms with Crippen molar-refractivity contribution in [3.05, 3.63) is 0 Å². The van der Waals surface area contributed by atoms with E-state index in [1.54, 1.807) is 7.05 Å². The smallest absolute Gasteiger partial charge is 0.191 e. The second-order valence-corrected chi connectivity index (χ2v) is 8.73. The highest BCUT2D eigenvalue weighted by molar-refractivity contribution is 14.0. The Morgan fingerprint density at radius 1 is 1.23 bits per heavy atom. The predicted molar refractivity (Wildman–Crippen MR) is 108 cm³/mol. The third-order valence-corrected chi connectivity index (χ3v) is 4.64. The average Bonchev–Trinajstić information content (AvgIpc) is 2.38. The largest absolute Gasteiger partial charge is 0.381 e. The first-order chi connectivity index (χ1) is 9.77. The quantitative estimate of drug-likeness (QED) is 0.247. The lowest BCUT2D eigenvalue weighted by Gasteiger charge is -2.18. The molecular formula is C15H34IN3O2S. The summed E-state index contributed by atoms with van der Waals surface area (Å²) >= 11 is 0. The zero-order valence-electron chi connectivity index (χ0n) is 14.9. The Labute approximate surface area is 155 Å². The van der Waals surface area contributed by atoms with E-state index in [1.807, 2.05) is 20.8 Å². The minimum Gasteiger partial charge on any atom is -0.381 e. The molecule has 0 spiro atoms. The van der Waals surface area contributed by atoms with Crippen LogP contribution >= 0.6 is 24.0 Å². The van der Waals surface area contributed by atoms with Crippen LogP contribution in [0.5, 0.6) is 0 Å². The molecule has 5 nitrogen and oxygen atoms in total. The number of rotatable bonds is 9. The molecular weight excluding hydrogens is 413 g/mol. The summed E-state index contributed by atoms with van der Waals surface area (Å²) in [6, 6.07) is 0. The summed E-state index contributed by atoms with van der Waals surface area (Å²) < 4.78 is 17.3. The number of aliphatic imine (C=N–C) groups is 1. The van der Waals surface area contributed by atoms with Crippen molar-refractivity contribution >= 4 is 40.7 Å². The Balaban J connectivity index is 0. The summed E-state index contributed by atoms with van der Waals surface area (Å²) in [6.07, 6.45) is 0.946. The zero-order chi connectivity index (χ0) is 16.3. The molecule has 134 valence electrons. The van der Waals surface area contributed by atoms with Gasteiger partial charge in [-0.3, -0.25) is 9.20 Å². The lowest BCUT2D eigenvalue weighted by atomic mass is 10.2. The molecule has 0 saturated heterocycles. The van der Waals surface area contributed by atoms with Crippen LogP contribution in [0, 0.1) is 5.92 Å². The number of guanidine groups is 1. The van der Waals surface area contributed by atoms with Crippen molar-refractivity contribution in [1.82, 2.24) is 10.6 Å². The first-order valence-corrected chi connectivity index (χ1v) is 9.00. The maximum atomic E-state index is 11.9. The molecule has 0 bridgehead atoms. The summed E-state index contributed by atoms with van der Waals surface area (Å²) in [5.41, 5.74) is 0. The molecule has 0 heterocycles. The first-order valence-electron chi connectivity index (χ1n) is 7.68. The third kappa shape index (κ3) is 13.8. The summed E-state index contributed by atoms with van der Waals surface area (Å²) in [7, 11) is 0.906. The topological polar surface area (TPSA) is 62.7 Å². The lowest BCUT2D eigenvalue weighted by Crippen LogP contribution is -2.40. The number of ether oxygens (including phenoxy) is 1. The highest BCUT2D eigenvalue weighted by Crippen LogP contribution is 2.10. The predicted octanol–water partition coefficient (Wildman–Crippen LogP) is 2.38. The third-order valence-electron chi connectivity index (χ3n) is 2.70. The van der Waals surface area contributed by atoms with E-state index in [0.717, 1.165) is 32.1 Å². The Bertz CT molecular complexity index is 331. The van der Waals surface area contributed by atoms with Gasteiger partial charge in [0.2, 0.25) is 0 Å². The number of hydrogen-bond donors (Lipinski definition) is 2. The van der Waals surface area contributed by atoms with Gasteiger partial charge in [0.05, 0.1) is 0 Å². The van der Waals surface area contributed by atoms with Crippen molar-refractivity contribution in [2.45, 2.75) is 45.8 Å². The maximum absolute atomic E-state index is 11.9. The van der Waals surface area contributed by atoms with Crippen molar-refractivity contribution in [3.63, 3.8) is 0 Å².